The van der Waals surface area contributed by atoms with E-state index in [1.165, 1.54) is 0 Å². The van der Waals surface area contributed by atoms with Crippen molar-refractivity contribution in [2.75, 3.05) is 31.1 Å². The van der Waals surface area contributed by atoms with Gasteiger partial charge in [-0.2, -0.15) is 5.10 Å². The molecule has 1 heterocycles. The lowest BCUT2D eigenvalue weighted by Crippen LogP contribution is -2.19. The van der Waals surface area contributed by atoms with E-state index in [1.807, 2.05) is 37.2 Å². The number of hydrogen-bond donors (Lipinski definition) is 2. The van der Waals surface area contributed by atoms with Crippen LogP contribution in [0.25, 0.3) is 22.0 Å². The first kappa shape index (κ1) is 20.0. The largest absolute Gasteiger partial charge is 0.309 e. The van der Waals surface area contributed by atoms with Gasteiger partial charge in [0.15, 0.2) is 0 Å². The third-order valence-corrected chi connectivity index (χ3v) is 5.75. The van der Waals surface area contributed by atoms with Gasteiger partial charge in [-0.15, -0.1) is 0 Å². The monoisotopic (exact) mass is 400 g/mol. The molecule has 1 aromatic heterocycles. The zero-order valence-electron chi connectivity index (χ0n) is 16.0. The van der Waals surface area contributed by atoms with Crippen LogP contribution >= 0.6 is 0 Å². The van der Waals surface area contributed by atoms with E-state index in [9.17, 15) is 13.2 Å². The van der Waals surface area contributed by atoms with Crippen molar-refractivity contribution in [2.24, 2.45) is 0 Å². The summed E-state index contributed by atoms with van der Waals surface area (Å²) in [6, 6.07) is 14.2. The number of hydrogen-bond acceptors (Lipinski definition) is 5. The molecule has 8 heteroatoms. The lowest BCUT2D eigenvalue weighted by atomic mass is 10.0. The Morgan fingerprint density at radius 1 is 1.04 bits per heavy atom. The van der Waals surface area contributed by atoms with Crippen LogP contribution in [0, 0.1) is 0 Å². The normalized spacial score (nSPS) is 11.8. The number of sulfonamides is 1. The van der Waals surface area contributed by atoms with Crippen LogP contribution < -0.4 is 10.3 Å². The van der Waals surface area contributed by atoms with Gasteiger partial charge >= 0.3 is 0 Å². The Bertz CT molecular complexity index is 1120. The van der Waals surface area contributed by atoms with Crippen molar-refractivity contribution in [1.29, 1.82) is 0 Å². The molecule has 0 amide bonds. The molecular formula is C20H24N4O3S. The van der Waals surface area contributed by atoms with Gasteiger partial charge in [-0.25, -0.2) is 13.5 Å². The van der Waals surface area contributed by atoms with E-state index in [-0.39, 0.29) is 11.3 Å². The van der Waals surface area contributed by atoms with Gasteiger partial charge in [-0.1, -0.05) is 30.3 Å². The van der Waals surface area contributed by atoms with Gasteiger partial charge in [0.05, 0.1) is 16.8 Å². The Labute approximate surface area is 164 Å². The third-order valence-electron chi connectivity index (χ3n) is 4.37. The van der Waals surface area contributed by atoms with Crippen molar-refractivity contribution in [3.8, 4) is 11.3 Å². The standard InChI is InChI=1S/C20H24N4O3S/c1-24(2)12-5-6-13-28(26,27)23-16-9-7-8-15(14-16)19-17-10-3-4-11-18(17)20(25)22-21-19/h3-4,7-11,14,23H,5-6,12-13H2,1-2H3,(H,22,25). The summed E-state index contributed by atoms with van der Waals surface area (Å²) in [5, 5.41) is 7.93. The topological polar surface area (TPSA) is 95.2 Å². The minimum atomic E-state index is -3.43. The van der Waals surface area contributed by atoms with E-state index in [1.54, 1.807) is 30.3 Å². The van der Waals surface area contributed by atoms with Crippen LogP contribution in [0.15, 0.2) is 53.3 Å². The lowest BCUT2D eigenvalue weighted by molar-refractivity contribution is 0.398. The van der Waals surface area contributed by atoms with Crippen LogP contribution in [-0.2, 0) is 10.0 Å². The van der Waals surface area contributed by atoms with E-state index in [0.717, 1.165) is 23.9 Å². The second-order valence-electron chi connectivity index (χ2n) is 6.96. The van der Waals surface area contributed by atoms with Gasteiger partial charge in [0.25, 0.3) is 5.56 Å². The molecule has 0 spiro atoms. The Kier molecular flexibility index (Phi) is 6.11. The van der Waals surface area contributed by atoms with E-state index in [0.29, 0.717) is 23.2 Å². The van der Waals surface area contributed by atoms with E-state index in [4.69, 9.17) is 0 Å². The molecule has 0 saturated heterocycles. The summed E-state index contributed by atoms with van der Waals surface area (Å²) in [5.74, 6) is 0.0743. The summed E-state index contributed by atoms with van der Waals surface area (Å²) in [5.41, 5.74) is 1.54. The lowest BCUT2D eigenvalue weighted by Gasteiger charge is -2.11. The number of benzene rings is 2. The van der Waals surface area contributed by atoms with Crippen molar-refractivity contribution >= 4 is 26.5 Å². The average Bonchev–Trinajstić information content (AvgIpc) is 2.65. The number of rotatable bonds is 8. The van der Waals surface area contributed by atoms with Gasteiger partial charge in [-0.05, 0) is 51.7 Å². The zero-order chi connectivity index (χ0) is 20.1. The average molecular weight is 401 g/mol. The third kappa shape index (κ3) is 4.96. The van der Waals surface area contributed by atoms with Crippen LogP contribution in [0.4, 0.5) is 5.69 Å². The van der Waals surface area contributed by atoms with Gasteiger partial charge in [0, 0.05) is 16.6 Å². The molecule has 28 heavy (non-hydrogen) atoms. The minimum Gasteiger partial charge on any atom is -0.309 e. The van der Waals surface area contributed by atoms with E-state index >= 15 is 0 Å². The fourth-order valence-corrected chi connectivity index (χ4v) is 4.19. The molecule has 2 N–H and O–H groups in total. The molecule has 2 aromatic carbocycles. The molecule has 3 rings (SSSR count). The number of aromatic nitrogens is 2. The Morgan fingerprint density at radius 2 is 1.79 bits per heavy atom. The molecule has 0 saturated carbocycles. The summed E-state index contributed by atoms with van der Waals surface area (Å²) in [6.45, 7) is 0.857. The molecule has 3 aromatic rings. The highest BCUT2D eigenvalue weighted by molar-refractivity contribution is 7.92. The Morgan fingerprint density at radius 3 is 2.54 bits per heavy atom. The van der Waals surface area contributed by atoms with Crippen molar-refractivity contribution in [1.82, 2.24) is 15.1 Å². The maximum atomic E-state index is 12.4. The zero-order valence-corrected chi connectivity index (χ0v) is 16.8. The number of H-pyrrole nitrogens is 1. The number of nitrogens with zero attached hydrogens (tertiary/aromatic N) is 2. The highest BCUT2D eigenvalue weighted by Gasteiger charge is 2.13. The summed E-state index contributed by atoms with van der Waals surface area (Å²) >= 11 is 0. The highest BCUT2D eigenvalue weighted by Crippen LogP contribution is 2.26. The van der Waals surface area contributed by atoms with Gasteiger partial charge in [-0.3, -0.25) is 9.52 Å². The number of aromatic amines is 1. The summed E-state index contributed by atoms with van der Waals surface area (Å²) in [7, 11) is 0.503. The molecular weight excluding hydrogens is 376 g/mol. The van der Waals surface area contributed by atoms with Crippen LogP contribution in [0.2, 0.25) is 0 Å². The number of fused-ring (bicyclic) bond motifs is 1. The first-order valence-corrected chi connectivity index (χ1v) is 10.7. The summed E-state index contributed by atoms with van der Waals surface area (Å²) < 4.78 is 27.4. The van der Waals surface area contributed by atoms with Crippen molar-refractivity contribution in [3.05, 3.63) is 58.9 Å². The number of nitrogens with one attached hydrogen (secondary N) is 2. The number of unbranched alkanes of at least 4 members (excludes halogenated alkanes) is 1. The van der Waals surface area contributed by atoms with Crippen LogP contribution in [0.1, 0.15) is 12.8 Å². The van der Waals surface area contributed by atoms with Crippen molar-refractivity contribution in [3.63, 3.8) is 0 Å². The molecule has 0 fully saturated rings. The first-order chi connectivity index (χ1) is 13.4. The molecule has 0 aliphatic carbocycles. The molecule has 0 unspecified atom stereocenters. The van der Waals surface area contributed by atoms with Gasteiger partial charge in [0.1, 0.15) is 0 Å². The smallest absolute Gasteiger partial charge is 0.272 e. The van der Waals surface area contributed by atoms with Gasteiger partial charge in [0.2, 0.25) is 10.0 Å². The maximum absolute atomic E-state index is 12.4. The second kappa shape index (κ2) is 8.53. The fraction of sp³-hybridized carbons (Fsp3) is 0.300. The molecule has 0 radical (unpaired) electrons. The molecule has 0 atom stereocenters. The predicted octanol–water partition coefficient (Wildman–Crippen LogP) is 2.67. The second-order valence-corrected chi connectivity index (χ2v) is 8.80. The molecule has 7 nitrogen and oxygen atoms in total. The van der Waals surface area contributed by atoms with Crippen molar-refractivity contribution < 1.29 is 8.42 Å². The van der Waals surface area contributed by atoms with Crippen LogP contribution in [-0.4, -0.2) is 49.9 Å². The number of anilines is 1. The first-order valence-electron chi connectivity index (χ1n) is 9.09. The minimum absolute atomic E-state index is 0.0743. The quantitative estimate of drug-likeness (QED) is 0.567. The summed E-state index contributed by atoms with van der Waals surface area (Å²) in [4.78, 5) is 14.0. The molecule has 148 valence electrons. The van der Waals surface area contributed by atoms with E-state index < -0.39 is 10.0 Å². The highest BCUT2D eigenvalue weighted by atomic mass is 32.2. The maximum Gasteiger partial charge on any atom is 0.272 e. The van der Waals surface area contributed by atoms with Crippen LogP contribution in [0.5, 0.6) is 0 Å². The van der Waals surface area contributed by atoms with Gasteiger partial charge < -0.3 is 4.90 Å². The molecule has 0 aliphatic rings. The Hall–Kier alpha value is -2.71. The fourth-order valence-electron chi connectivity index (χ4n) is 3.02. The Balaban J connectivity index is 1.82. The van der Waals surface area contributed by atoms with Crippen molar-refractivity contribution in [2.45, 2.75) is 12.8 Å². The van der Waals surface area contributed by atoms with Crippen LogP contribution in [0.3, 0.4) is 0 Å². The van der Waals surface area contributed by atoms with E-state index in [2.05, 4.69) is 14.9 Å². The molecule has 0 aliphatic heterocycles. The SMILES string of the molecule is CN(C)CCCCS(=O)(=O)Nc1cccc(-c2n[nH]c(=O)c3ccccc23)c1. The summed E-state index contributed by atoms with van der Waals surface area (Å²) in [6.07, 6.45) is 1.42. The predicted molar refractivity (Wildman–Crippen MR) is 113 cm³/mol. The molecule has 0 bridgehead atoms.